The molecular formula is C12H15N3OS. The van der Waals surface area contributed by atoms with Crippen molar-refractivity contribution in [3.05, 3.63) is 22.3 Å². The lowest BCUT2D eigenvalue weighted by molar-refractivity contribution is 0.113. The lowest BCUT2D eigenvalue weighted by atomic mass is 10.2. The van der Waals surface area contributed by atoms with E-state index in [1.165, 1.54) is 11.3 Å². The van der Waals surface area contributed by atoms with E-state index in [1.807, 2.05) is 12.3 Å². The number of thiazole rings is 1. The first kappa shape index (κ1) is 12.1. The molecule has 2 heterocycles. The van der Waals surface area contributed by atoms with Crippen LogP contribution < -0.4 is 5.32 Å². The van der Waals surface area contributed by atoms with Gasteiger partial charge in [0.15, 0.2) is 0 Å². The molecule has 1 aromatic rings. The van der Waals surface area contributed by atoms with Crippen LogP contribution in [0.25, 0.3) is 5.57 Å². The molecule has 1 atom stereocenters. The highest BCUT2D eigenvalue weighted by Crippen LogP contribution is 2.18. The predicted molar refractivity (Wildman–Crippen MR) is 67.4 cm³/mol. The fourth-order valence-corrected chi connectivity index (χ4v) is 2.48. The summed E-state index contributed by atoms with van der Waals surface area (Å²) in [7, 11) is 0. The fourth-order valence-electron chi connectivity index (χ4n) is 1.72. The van der Waals surface area contributed by atoms with E-state index in [2.05, 4.69) is 16.4 Å². The summed E-state index contributed by atoms with van der Waals surface area (Å²) in [5.74, 6) is 0. The Hall–Kier alpha value is -1.38. The van der Waals surface area contributed by atoms with Crippen molar-refractivity contribution in [2.75, 3.05) is 13.2 Å². The Bertz CT molecular complexity index is 441. The summed E-state index contributed by atoms with van der Waals surface area (Å²) < 4.78 is 5.49. The molecule has 1 aliphatic heterocycles. The van der Waals surface area contributed by atoms with Gasteiger partial charge >= 0.3 is 0 Å². The molecule has 17 heavy (non-hydrogen) atoms. The fraction of sp³-hybridized carbons (Fsp3) is 0.500. The Balaban J connectivity index is 1.91. The van der Waals surface area contributed by atoms with Gasteiger partial charge < -0.3 is 10.1 Å². The van der Waals surface area contributed by atoms with Gasteiger partial charge in [-0.3, -0.25) is 0 Å². The maximum absolute atomic E-state index is 9.06. The van der Waals surface area contributed by atoms with Gasteiger partial charge in [0.1, 0.15) is 16.6 Å². The second-order valence-corrected chi connectivity index (χ2v) is 4.87. The first-order valence-corrected chi connectivity index (χ1v) is 6.55. The van der Waals surface area contributed by atoms with Crippen molar-refractivity contribution in [3.63, 3.8) is 0 Å². The number of nitriles is 1. The SMILES string of the molecule is Cc1csc(/C(C#N)=C/NC[C@H]2CCCO2)n1. The molecule has 0 unspecified atom stereocenters. The van der Waals surface area contributed by atoms with Crippen LogP contribution in [0.5, 0.6) is 0 Å². The molecule has 1 aliphatic rings. The third-order valence-electron chi connectivity index (χ3n) is 2.59. The van der Waals surface area contributed by atoms with Crippen LogP contribution in [0.1, 0.15) is 23.5 Å². The highest BCUT2D eigenvalue weighted by Gasteiger charge is 2.14. The molecule has 5 heteroatoms. The van der Waals surface area contributed by atoms with E-state index >= 15 is 0 Å². The molecule has 2 rings (SSSR count). The number of hydrogen-bond donors (Lipinski definition) is 1. The van der Waals surface area contributed by atoms with Gasteiger partial charge in [0, 0.05) is 30.4 Å². The lowest BCUT2D eigenvalue weighted by Gasteiger charge is -2.08. The molecule has 0 amide bonds. The van der Waals surface area contributed by atoms with Crippen molar-refractivity contribution in [2.45, 2.75) is 25.9 Å². The van der Waals surface area contributed by atoms with Crippen molar-refractivity contribution < 1.29 is 4.74 Å². The third kappa shape index (κ3) is 3.29. The lowest BCUT2D eigenvalue weighted by Crippen LogP contribution is -2.22. The molecule has 0 radical (unpaired) electrons. The number of aryl methyl sites for hydroxylation is 1. The molecule has 1 N–H and O–H groups in total. The average Bonchev–Trinajstić information content (AvgIpc) is 2.96. The van der Waals surface area contributed by atoms with E-state index in [0.717, 1.165) is 36.7 Å². The van der Waals surface area contributed by atoms with E-state index in [0.29, 0.717) is 5.57 Å². The van der Waals surface area contributed by atoms with Gasteiger partial charge in [-0.05, 0) is 19.8 Å². The number of allylic oxidation sites excluding steroid dienone is 1. The molecule has 90 valence electrons. The van der Waals surface area contributed by atoms with Gasteiger partial charge in [-0.15, -0.1) is 11.3 Å². The first-order valence-electron chi connectivity index (χ1n) is 5.67. The number of ether oxygens (including phenoxy) is 1. The zero-order chi connectivity index (χ0) is 12.1. The van der Waals surface area contributed by atoms with E-state index in [-0.39, 0.29) is 6.10 Å². The monoisotopic (exact) mass is 249 g/mol. The highest BCUT2D eigenvalue weighted by atomic mass is 32.1. The maximum atomic E-state index is 9.06. The standard InChI is InChI=1S/C12H15N3OS/c1-9-8-17-12(15-9)10(5-13)6-14-7-11-3-2-4-16-11/h6,8,11,14H,2-4,7H2,1H3/b10-6+/t11-/m1/s1. The van der Waals surface area contributed by atoms with Crippen LogP contribution in [0.3, 0.4) is 0 Å². The van der Waals surface area contributed by atoms with Crippen LogP contribution >= 0.6 is 11.3 Å². The number of aromatic nitrogens is 1. The van der Waals surface area contributed by atoms with Crippen LogP contribution in [0.4, 0.5) is 0 Å². The summed E-state index contributed by atoms with van der Waals surface area (Å²) >= 11 is 1.49. The van der Waals surface area contributed by atoms with Crippen LogP contribution in [-0.4, -0.2) is 24.2 Å². The Morgan fingerprint density at radius 1 is 1.82 bits per heavy atom. The molecule has 1 fully saturated rings. The van der Waals surface area contributed by atoms with Crippen molar-refractivity contribution >= 4 is 16.9 Å². The summed E-state index contributed by atoms with van der Waals surface area (Å²) in [6.07, 6.45) is 4.25. The summed E-state index contributed by atoms with van der Waals surface area (Å²) in [6, 6.07) is 2.16. The second kappa shape index (κ2) is 5.80. The summed E-state index contributed by atoms with van der Waals surface area (Å²) in [4.78, 5) is 4.29. The summed E-state index contributed by atoms with van der Waals surface area (Å²) in [5, 5.41) is 14.9. The minimum absolute atomic E-state index is 0.282. The molecule has 1 aromatic heterocycles. The van der Waals surface area contributed by atoms with Gasteiger partial charge in [0.25, 0.3) is 0 Å². The van der Waals surface area contributed by atoms with Gasteiger partial charge in [-0.2, -0.15) is 5.26 Å². The Morgan fingerprint density at radius 2 is 2.71 bits per heavy atom. The van der Waals surface area contributed by atoms with Gasteiger partial charge in [0.05, 0.1) is 6.10 Å². The minimum atomic E-state index is 0.282. The van der Waals surface area contributed by atoms with Crippen LogP contribution in [-0.2, 0) is 4.74 Å². The van der Waals surface area contributed by atoms with E-state index < -0.39 is 0 Å². The smallest absolute Gasteiger partial charge is 0.135 e. The zero-order valence-corrected chi connectivity index (χ0v) is 10.6. The first-order chi connectivity index (χ1) is 8.29. The van der Waals surface area contributed by atoms with Crippen LogP contribution in [0.15, 0.2) is 11.6 Å². The Morgan fingerprint density at radius 3 is 3.29 bits per heavy atom. The van der Waals surface area contributed by atoms with E-state index in [1.54, 1.807) is 6.20 Å². The van der Waals surface area contributed by atoms with Gasteiger partial charge in [-0.25, -0.2) is 4.98 Å². The molecule has 0 aliphatic carbocycles. The van der Waals surface area contributed by atoms with Crippen molar-refractivity contribution in [1.82, 2.24) is 10.3 Å². The summed E-state index contributed by atoms with van der Waals surface area (Å²) in [5.41, 5.74) is 1.53. The van der Waals surface area contributed by atoms with E-state index in [4.69, 9.17) is 10.00 Å². The second-order valence-electron chi connectivity index (χ2n) is 4.01. The largest absolute Gasteiger partial charge is 0.387 e. The number of nitrogens with zero attached hydrogens (tertiary/aromatic N) is 2. The van der Waals surface area contributed by atoms with E-state index in [9.17, 15) is 0 Å². The average molecular weight is 249 g/mol. The number of rotatable bonds is 4. The van der Waals surface area contributed by atoms with Gasteiger partial charge in [-0.1, -0.05) is 0 Å². The molecule has 4 nitrogen and oxygen atoms in total. The topological polar surface area (TPSA) is 57.9 Å². The van der Waals surface area contributed by atoms with Crippen molar-refractivity contribution in [3.8, 4) is 6.07 Å². The number of hydrogen-bond acceptors (Lipinski definition) is 5. The maximum Gasteiger partial charge on any atom is 0.135 e. The molecular weight excluding hydrogens is 234 g/mol. The third-order valence-corrected chi connectivity index (χ3v) is 3.58. The molecule has 0 aromatic carbocycles. The zero-order valence-electron chi connectivity index (χ0n) is 9.77. The normalized spacial score (nSPS) is 20.2. The molecule has 0 spiro atoms. The molecule has 0 bridgehead atoms. The predicted octanol–water partition coefficient (Wildman–Crippen LogP) is 2.08. The van der Waals surface area contributed by atoms with Crippen molar-refractivity contribution in [1.29, 1.82) is 5.26 Å². The Kier molecular flexibility index (Phi) is 4.13. The van der Waals surface area contributed by atoms with Crippen LogP contribution in [0, 0.1) is 18.3 Å². The quantitative estimate of drug-likeness (QED) is 0.830. The molecule has 1 saturated heterocycles. The highest BCUT2D eigenvalue weighted by molar-refractivity contribution is 7.10. The van der Waals surface area contributed by atoms with Crippen LogP contribution in [0.2, 0.25) is 0 Å². The Labute approximate surface area is 105 Å². The minimum Gasteiger partial charge on any atom is -0.387 e. The number of nitrogens with one attached hydrogen (secondary N) is 1. The molecule has 0 saturated carbocycles. The van der Waals surface area contributed by atoms with Gasteiger partial charge in [0.2, 0.25) is 0 Å². The van der Waals surface area contributed by atoms with Crippen molar-refractivity contribution in [2.24, 2.45) is 0 Å². The summed E-state index contributed by atoms with van der Waals surface area (Å²) in [6.45, 7) is 3.54.